The number of nitrogens with two attached hydrogens (primary N) is 1. The van der Waals surface area contributed by atoms with Crippen LogP contribution in [0.15, 0.2) is 23.1 Å². The molecule has 7 heteroatoms. The molecule has 15 heavy (non-hydrogen) atoms. The van der Waals surface area contributed by atoms with Crippen molar-refractivity contribution in [2.75, 3.05) is 12.3 Å². The van der Waals surface area contributed by atoms with Gasteiger partial charge in [0, 0.05) is 12.7 Å². The van der Waals surface area contributed by atoms with Crippen molar-refractivity contribution in [1.82, 2.24) is 4.57 Å². The van der Waals surface area contributed by atoms with E-state index in [-0.39, 0.29) is 12.2 Å². The number of pyridine rings is 1. The Hall–Kier alpha value is -1.50. The Morgan fingerprint density at radius 1 is 1.47 bits per heavy atom. The van der Waals surface area contributed by atoms with Gasteiger partial charge in [-0.05, 0) is 12.1 Å². The van der Waals surface area contributed by atoms with Crippen molar-refractivity contribution in [3.05, 3.63) is 28.7 Å². The first-order valence-corrected chi connectivity index (χ1v) is 4.06. The summed E-state index contributed by atoms with van der Waals surface area (Å²) in [6.07, 6.45) is -3.33. The van der Waals surface area contributed by atoms with Gasteiger partial charge >= 0.3 is 6.36 Å². The van der Waals surface area contributed by atoms with Crippen molar-refractivity contribution in [3.63, 3.8) is 0 Å². The van der Waals surface area contributed by atoms with E-state index in [0.717, 1.165) is 4.57 Å². The molecule has 0 radical (unpaired) electrons. The Bertz CT molecular complexity index is 386. The number of hydrogen-bond donors (Lipinski definition) is 1. The second kappa shape index (κ2) is 4.35. The van der Waals surface area contributed by atoms with Gasteiger partial charge in [-0.2, -0.15) is 0 Å². The van der Waals surface area contributed by atoms with Gasteiger partial charge in [-0.3, -0.25) is 9.53 Å². The molecule has 0 aromatic carbocycles. The number of alkyl halides is 3. The summed E-state index contributed by atoms with van der Waals surface area (Å²) in [7, 11) is 0. The van der Waals surface area contributed by atoms with Crippen molar-refractivity contribution in [1.29, 1.82) is 0 Å². The zero-order valence-electron chi connectivity index (χ0n) is 7.62. The lowest BCUT2D eigenvalue weighted by molar-refractivity contribution is -0.325. The van der Waals surface area contributed by atoms with E-state index >= 15 is 0 Å². The highest BCUT2D eigenvalue weighted by Crippen LogP contribution is 2.15. The third-order valence-electron chi connectivity index (χ3n) is 1.65. The SMILES string of the molecule is Nc1cccn(CCOC(F)(F)F)c1=O. The van der Waals surface area contributed by atoms with E-state index in [1.807, 2.05) is 0 Å². The highest BCUT2D eigenvalue weighted by molar-refractivity contribution is 5.33. The van der Waals surface area contributed by atoms with Crippen molar-refractivity contribution in [3.8, 4) is 0 Å². The predicted molar refractivity (Wildman–Crippen MR) is 47.1 cm³/mol. The Labute approximate surface area is 83.1 Å². The van der Waals surface area contributed by atoms with E-state index in [1.54, 1.807) is 0 Å². The summed E-state index contributed by atoms with van der Waals surface area (Å²) in [6.45, 7) is -0.809. The number of ether oxygens (including phenoxy) is 1. The molecule has 0 atom stereocenters. The molecule has 0 unspecified atom stereocenters. The number of halogens is 3. The average molecular weight is 222 g/mol. The van der Waals surface area contributed by atoms with Crippen LogP contribution in [0, 0.1) is 0 Å². The molecule has 84 valence electrons. The molecule has 0 saturated heterocycles. The number of nitrogens with zero attached hydrogens (tertiary/aromatic N) is 1. The van der Waals surface area contributed by atoms with Crippen LogP contribution in [0.4, 0.5) is 18.9 Å². The molecule has 0 bridgehead atoms. The topological polar surface area (TPSA) is 57.2 Å². The van der Waals surface area contributed by atoms with Gasteiger partial charge in [0.25, 0.3) is 5.56 Å². The van der Waals surface area contributed by atoms with Crippen LogP contribution >= 0.6 is 0 Å². The molecule has 4 nitrogen and oxygen atoms in total. The summed E-state index contributed by atoms with van der Waals surface area (Å²) in [6, 6.07) is 2.85. The minimum atomic E-state index is -4.68. The van der Waals surface area contributed by atoms with Gasteiger partial charge in [0.15, 0.2) is 0 Å². The minimum Gasteiger partial charge on any atom is -0.394 e. The first kappa shape index (κ1) is 11.6. The maximum atomic E-state index is 11.6. The van der Waals surface area contributed by atoms with Gasteiger partial charge in [-0.1, -0.05) is 0 Å². The van der Waals surface area contributed by atoms with Crippen molar-refractivity contribution in [2.24, 2.45) is 0 Å². The van der Waals surface area contributed by atoms with E-state index in [1.165, 1.54) is 18.3 Å². The summed E-state index contributed by atoms with van der Waals surface area (Å²) in [5, 5.41) is 0. The zero-order valence-corrected chi connectivity index (χ0v) is 7.62. The molecule has 0 aliphatic carbocycles. The van der Waals surface area contributed by atoms with Crippen LogP contribution in [-0.4, -0.2) is 17.5 Å². The summed E-state index contributed by atoms with van der Waals surface area (Å²) in [5.41, 5.74) is 4.75. The first-order valence-electron chi connectivity index (χ1n) is 4.06. The van der Waals surface area contributed by atoms with Gasteiger partial charge in [-0.25, -0.2) is 0 Å². The van der Waals surface area contributed by atoms with Crippen LogP contribution in [0.2, 0.25) is 0 Å². The smallest absolute Gasteiger partial charge is 0.394 e. The van der Waals surface area contributed by atoms with Gasteiger partial charge in [-0.15, -0.1) is 13.2 Å². The third-order valence-corrected chi connectivity index (χ3v) is 1.65. The van der Waals surface area contributed by atoms with Crippen LogP contribution in [0.5, 0.6) is 0 Å². The Kier molecular flexibility index (Phi) is 3.35. The van der Waals surface area contributed by atoms with Crippen LogP contribution in [0.25, 0.3) is 0 Å². The molecule has 2 N–H and O–H groups in total. The van der Waals surface area contributed by atoms with E-state index in [0.29, 0.717) is 0 Å². The first-order chi connectivity index (χ1) is 6.90. The fraction of sp³-hybridized carbons (Fsp3) is 0.375. The van der Waals surface area contributed by atoms with Gasteiger partial charge < -0.3 is 10.3 Å². The molecule has 1 aromatic rings. The van der Waals surface area contributed by atoms with Crippen LogP contribution in [0.1, 0.15) is 0 Å². The molecular formula is C8H9F3N2O2. The third kappa shape index (κ3) is 3.62. The molecule has 0 aliphatic rings. The lowest BCUT2D eigenvalue weighted by Crippen LogP contribution is -2.25. The highest BCUT2D eigenvalue weighted by atomic mass is 19.4. The summed E-state index contributed by atoms with van der Waals surface area (Å²) >= 11 is 0. The van der Waals surface area contributed by atoms with E-state index in [4.69, 9.17) is 5.73 Å². The molecule has 0 saturated carbocycles. The van der Waals surface area contributed by atoms with Crippen LogP contribution in [0.3, 0.4) is 0 Å². The number of anilines is 1. The lowest BCUT2D eigenvalue weighted by Gasteiger charge is -2.08. The molecule has 1 rings (SSSR count). The largest absolute Gasteiger partial charge is 0.522 e. The second-order valence-electron chi connectivity index (χ2n) is 2.76. The number of aromatic nitrogens is 1. The quantitative estimate of drug-likeness (QED) is 0.828. The maximum Gasteiger partial charge on any atom is 0.522 e. The maximum absolute atomic E-state index is 11.6. The van der Waals surface area contributed by atoms with E-state index < -0.39 is 18.5 Å². The highest BCUT2D eigenvalue weighted by Gasteiger charge is 2.28. The standard InChI is InChI=1S/C8H9F3N2O2/c9-8(10,11)15-5-4-13-3-1-2-6(12)7(13)14/h1-3H,4-5,12H2. The number of rotatable bonds is 3. The zero-order chi connectivity index (χ0) is 11.5. The monoisotopic (exact) mass is 222 g/mol. The Morgan fingerprint density at radius 3 is 2.73 bits per heavy atom. The molecule has 0 fully saturated rings. The van der Waals surface area contributed by atoms with E-state index in [9.17, 15) is 18.0 Å². The van der Waals surface area contributed by atoms with Crippen molar-refractivity contribution >= 4 is 5.69 Å². The Morgan fingerprint density at radius 2 is 2.13 bits per heavy atom. The van der Waals surface area contributed by atoms with Crippen molar-refractivity contribution < 1.29 is 17.9 Å². The fourth-order valence-corrected chi connectivity index (χ4v) is 0.991. The van der Waals surface area contributed by atoms with E-state index in [2.05, 4.69) is 4.74 Å². The molecular weight excluding hydrogens is 213 g/mol. The summed E-state index contributed by atoms with van der Waals surface area (Å²) in [5.74, 6) is 0. The summed E-state index contributed by atoms with van der Waals surface area (Å²) < 4.78 is 39.4. The minimum absolute atomic E-state index is 0.00971. The van der Waals surface area contributed by atoms with Gasteiger partial charge in [0.2, 0.25) is 0 Å². The molecule has 0 aliphatic heterocycles. The molecule has 0 amide bonds. The van der Waals surface area contributed by atoms with Crippen LogP contribution in [-0.2, 0) is 11.3 Å². The number of nitrogen functional groups attached to an aromatic ring is 1. The van der Waals surface area contributed by atoms with Gasteiger partial charge in [0.05, 0.1) is 12.3 Å². The van der Waals surface area contributed by atoms with Crippen LogP contribution < -0.4 is 11.3 Å². The fourth-order valence-electron chi connectivity index (χ4n) is 0.991. The second-order valence-corrected chi connectivity index (χ2v) is 2.76. The van der Waals surface area contributed by atoms with Crippen molar-refractivity contribution in [2.45, 2.75) is 12.9 Å². The predicted octanol–water partition coefficient (Wildman–Crippen LogP) is 0.967. The molecule has 0 spiro atoms. The Balaban J connectivity index is 2.59. The lowest BCUT2D eigenvalue weighted by atomic mass is 10.4. The average Bonchev–Trinajstić information content (AvgIpc) is 2.10. The molecule has 1 aromatic heterocycles. The van der Waals surface area contributed by atoms with Gasteiger partial charge in [0.1, 0.15) is 0 Å². The normalized spacial score (nSPS) is 11.7. The molecule has 1 heterocycles. The number of hydrogen-bond acceptors (Lipinski definition) is 3. The summed E-state index contributed by atoms with van der Waals surface area (Å²) in [4.78, 5) is 11.2.